The minimum atomic E-state index is -0.677. The molecule has 0 aromatic heterocycles. The average molecular weight is 266 g/mol. The van der Waals surface area contributed by atoms with Crippen LogP contribution in [0.2, 0.25) is 0 Å². The van der Waals surface area contributed by atoms with E-state index in [0.29, 0.717) is 19.0 Å². The van der Waals surface area contributed by atoms with Crippen LogP contribution in [0.25, 0.3) is 0 Å². The van der Waals surface area contributed by atoms with E-state index in [4.69, 9.17) is 14.2 Å². The van der Waals surface area contributed by atoms with Gasteiger partial charge in [-0.05, 0) is 30.5 Å². The molecule has 0 aliphatic carbocycles. The molecule has 106 valence electrons. The number of benzene rings is 1. The van der Waals surface area contributed by atoms with Crippen molar-refractivity contribution in [3.63, 3.8) is 0 Å². The summed E-state index contributed by atoms with van der Waals surface area (Å²) >= 11 is 0. The Morgan fingerprint density at radius 2 is 1.84 bits per heavy atom. The van der Waals surface area contributed by atoms with E-state index in [1.165, 1.54) is 0 Å². The van der Waals surface area contributed by atoms with Crippen molar-refractivity contribution >= 4 is 0 Å². The molecule has 19 heavy (non-hydrogen) atoms. The molecule has 1 atom stereocenters. The second-order valence-corrected chi connectivity index (χ2v) is 4.78. The molecule has 1 heterocycles. The summed E-state index contributed by atoms with van der Waals surface area (Å²) in [5, 5.41) is 10.6. The van der Waals surface area contributed by atoms with Gasteiger partial charge in [0.25, 0.3) is 0 Å². The predicted molar refractivity (Wildman–Crippen MR) is 72.7 cm³/mol. The van der Waals surface area contributed by atoms with Crippen LogP contribution >= 0.6 is 0 Å². The topological polar surface area (TPSA) is 47.9 Å². The van der Waals surface area contributed by atoms with Crippen molar-refractivity contribution < 1.29 is 19.3 Å². The Morgan fingerprint density at radius 3 is 2.42 bits per heavy atom. The molecule has 0 bridgehead atoms. The minimum absolute atomic E-state index is 0.545. The molecule has 1 unspecified atom stereocenters. The summed E-state index contributed by atoms with van der Waals surface area (Å²) in [5.41, 5.74) is 0.249. The fraction of sp³-hybridized carbons (Fsp3) is 0.600. The molecular weight excluding hydrogens is 244 g/mol. The summed E-state index contributed by atoms with van der Waals surface area (Å²) in [4.78, 5) is 0. The van der Waals surface area contributed by atoms with Crippen LogP contribution in [-0.4, -0.2) is 31.0 Å². The Balaban J connectivity index is 2.30. The highest BCUT2D eigenvalue weighted by molar-refractivity contribution is 5.44. The molecule has 0 radical (unpaired) electrons. The summed E-state index contributed by atoms with van der Waals surface area (Å²) in [7, 11) is 1.65. The van der Waals surface area contributed by atoms with Gasteiger partial charge in [0.2, 0.25) is 0 Å². The fourth-order valence-electron chi connectivity index (χ4n) is 2.57. The lowest BCUT2D eigenvalue weighted by Crippen LogP contribution is -2.37. The third-order valence-corrected chi connectivity index (χ3v) is 3.98. The van der Waals surface area contributed by atoms with Crippen molar-refractivity contribution in [3.8, 4) is 11.5 Å². The molecular formula is C15H22O4. The number of aliphatic hydroxyl groups is 1. The van der Waals surface area contributed by atoms with Gasteiger partial charge in [-0.25, -0.2) is 0 Å². The van der Waals surface area contributed by atoms with Crippen molar-refractivity contribution in [2.24, 2.45) is 0 Å². The molecule has 0 spiro atoms. The first-order chi connectivity index (χ1) is 9.16. The SMILES string of the molecule is CCC(CC)(OC)C(O)c1ccc2c(c1)OCCO2. The Bertz CT molecular complexity index is 418. The van der Waals surface area contributed by atoms with Gasteiger partial charge in [0, 0.05) is 7.11 Å². The number of ether oxygens (including phenoxy) is 3. The number of aliphatic hydroxyl groups excluding tert-OH is 1. The van der Waals surface area contributed by atoms with Gasteiger partial charge < -0.3 is 19.3 Å². The molecule has 0 saturated carbocycles. The molecule has 0 amide bonds. The standard InChI is InChI=1S/C15H22O4/c1-4-15(5-2,17-3)14(16)11-6-7-12-13(10-11)19-9-8-18-12/h6-7,10,14,16H,4-5,8-9H2,1-3H3. The molecule has 1 aromatic rings. The number of hydrogen-bond acceptors (Lipinski definition) is 4. The highest BCUT2D eigenvalue weighted by Gasteiger charge is 2.36. The smallest absolute Gasteiger partial charge is 0.161 e. The van der Waals surface area contributed by atoms with Gasteiger partial charge in [-0.3, -0.25) is 0 Å². The van der Waals surface area contributed by atoms with Crippen LogP contribution in [0.1, 0.15) is 38.4 Å². The highest BCUT2D eigenvalue weighted by Crippen LogP contribution is 2.39. The maximum atomic E-state index is 10.6. The van der Waals surface area contributed by atoms with Gasteiger partial charge in [-0.15, -0.1) is 0 Å². The third kappa shape index (κ3) is 2.55. The fourth-order valence-corrected chi connectivity index (χ4v) is 2.57. The van der Waals surface area contributed by atoms with Gasteiger partial charge in [0.05, 0.1) is 5.60 Å². The maximum absolute atomic E-state index is 10.6. The quantitative estimate of drug-likeness (QED) is 0.890. The van der Waals surface area contributed by atoms with Gasteiger partial charge >= 0.3 is 0 Å². The molecule has 1 aromatic carbocycles. The largest absolute Gasteiger partial charge is 0.486 e. The first kappa shape index (κ1) is 14.2. The van der Waals surface area contributed by atoms with Gasteiger partial charge in [0.15, 0.2) is 11.5 Å². The Kier molecular flexibility index (Phi) is 4.32. The minimum Gasteiger partial charge on any atom is -0.486 e. The summed E-state index contributed by atoms with van der Waals surface area (Å²) in [6, 6.07) is 5.56. The van der Waals surface area contributed by atoms with Crippen LogP contribution in [-0.2, 0) is 4.74 Å². The van der Waals surface area contributed by atoms with Crippen LogP contribution < -0.4 is 9.47 Å². The van der Waals surface area contributed by atoms with E-state index in [-0.39, 0.29) is 0 Å². The summed E-state index contributed by atoms with van der Waals surface area (Å²) in [5.74, 6) is 1.43. The summed E-state index contributed by atoms with van der Waals surface area (Å²) in [6.07, 6.45) is 0.814. The van der Waals surface area contributed by atoms with E-state index in [0.717, 1.165) is 24.2 Å². The molecule has 1 aliphatic rings. The number of hydrogen-bond donors (Lipinski definition) is 1. The van der Waals surface area contributed by atoms with Crippen molar-refractivity contribution in [2.75, 3.05) is 20.3 Å². The predicted octanol–water partition coefficient (Wildman–Crippen LogP) is 2.70. The van der Waals surface area contributed by atoms with Gasteiger partial charge in [-0.2, -0.15) is 0 Å². The summed E-state index contributed by atoms with van der Waals surface area (Å²) in [6.45, 7) is 5.16. The second-order valence-electron chi connectivity index (χ2n) is 4.78. The van der Waals surface area contributed by atoms with Crippen molar-refractivity contribution in [2.45, 2.75) is 38.4 Å². The lowest BCUT2D eigenvalue weighted by molar-refractivity contribution is -0.110. The van der Waals surface area contributed by atoms with E-state index in [9.17, 15) is 5.11 Å². The van der Waals surface area contributed by atoms with Crippen LogP contribution in [0.5, 0.6) is 11.5 Å². The Morgan fingerprint density at radius 1 is 1.21 bits per heavy atom. The van der Waals surface area contributed by atoms with Crippen molar-refractivity contribution in [3.05, 3.63) is 23.8 Å². The van der Waals surface area contributed by atoms with Gasteiger partial charge in [-0.1, -0.05) is 19.9 Å². The van der Waals surface area contributed by atoms with Crippen molar-refractivity contribution in [1.29, 1.82) is 0 Å². The van der Waals surface area contributed by atoms with E-state index >= 15 is 0 Å². The molecule has 2 rings (SSSR count). The highest BCUT2D eigenvalue weighted by atomic mass is 16.6. The monoisotopic (exact) mass is 266 g/mol. The third-order valence-electron chi connectivity index (χ3n) is 3.98. The molecule has 4 nitrogen and oxygen atoms in total. The maximum Gasteiger partial charge on any atom is 0.161 e. The number of fused-ring (bicyclic) bond motifs is 1. The lowest BCUT2D eigenvalue weighted by Gasteiger charge is -2.35. The molecule has 0 fully saturated rings. The normalized spacial score (nSPS) is 16.2. The van der Waals surface area contributed by atoms with E-state index in [2.05, 4.69) is 0 Å². The van der Waals surface area contributed by atoms with Gasteiger partial charge in [0.1, 0.15) is 19.3 Å². The van der Waals surface area contributed by atoms with Crippen LogP contribution in [0.3, 0.4) is 0 Å². The van der Waals surface area contributed by atoms with Crippen LogP contribution in [0.4, 0.5) is 0 Å². The van der Waals surface area contributed by atoms with E-state index < -0.39 is 11.7 Å². The zero-order chi connectivity index (χ0) is 13.9. The lowest BCUT2D eigenvalue weighted by atomic mass is 9.86. The second kappa shape index (κ2) is 5.80. The molecule has 1 aliphatic heterocycles. The Hall–Kier alpha value is -1.26. The first-order valence-corrected chi connectivity index (χ1v) is 6.79. The molecule has 4 heteroatoms. The van der Waals surface area contributed by atoms with Crippen molar-refractivity contribution in [1.82, 2.24) is 0 Å². The zero-order valence-electron chi connectivity index (χ0n) is 11.8. The van der Waals surface area contributed by atoms with Crippen LogP contribution in [0.15, 0.2) is 18.2 Å². The Labute approximate surface area is 114 Å². The summed E-state index contributed by atoms with van der Waals surface area (Å²) < 4.78 is 16.6. The molecule has 0 saturated heterocycles. The number of rotatable bonds is 5. The van der Waals surface area contributed by atoms with Crippen LogP contribution in [0, 0.1) is 0 Å². The van der Waals surface area contributed by atoms with E-state index in [1.807, 2.05) is 32.0 Å². The number of methoxy groups -OCH3 is 1. The first-order valence-electron chi connectivity index (χ1n) is 6.79. The zero-order valence-corrected chi connectivity index (χ0v) is 11.8. The van der Waals surface area contributed by atoms with E-state index in [1.54, 1.807) is 7.11 Å². The molecule has 1 N–H and O–H groups in total. The average Bonchev–Trinajstić information content (AvgIpc) is 2.49.